The van der Waals surface area contributed by atoms with Crippen LogP contribution in [-0.4, -0.2) is 16.5 Å². The molecule has 0 aliphatic rings. The van der Waals surface area contributed by atoms with Crippen LogP contribution < -0.4 is 0 Å². The van der Waals surface area contributed by atoms with Gasteiger partial charge < -0.3 is 4.57 Å². The van der Waals surface area contributed by atoms with Crippen LogP contribution in [0.25, 0.3) is 6.08 Å². The number of carbonyl (C=O) groups is 1. The summed E-state index contributed by atoms with van der Waals surface area (Å²) in [7, 11) is 0. The van der Waals surface area contributed by atoms with Gasteiger partial charge in [-0.3, -0.25) is 4.79 Å². The number of Topliss-reactive ketones (excluding diaryl/α,β-unsaturated/α-hetero) is 1. The Morgan fingerprint density at radius 3 is 2.38 bits per heavy atom. The van der Waals surface area contributed by atoms with E-state index in [1.165, 1.54) is 26.0 Å². The van der Waals surface area contributed by atoms with Crippen molar-refractivity contribution in [2.45, 2.75) is 26.6 Å². The minimum Gasteiger partial charge on any atom is -0.339 e. The van der Waals surface area contributed by atoms with E-state index < -0.39 is 35.7 Å². The van der Waals surface area contributed by atoms with E-state index in [2.05, 4.69) is 0 Å². The first-order valence-corrected chi connectivity index (χ1v) is 7.38. The van der Waals surface area contributed by atoms with Crippen molar-refractivity contribution in [3.63, 3.8) is 0 Å². The SMILES string of the molecule is Cc1cc(C(=O)/C(C#N)=C/c2ccc(F)c(F)c2)c(C)n1CC(F)(F)F. The van der Waals surface area contributed by atoms with Gasteiger partial charge >= 0.3 is 6.18 Å². The molecule has 2 aromatic rings. The Kier molecular flexibility index (Phi) is 5.30. The van der Waals surface area contributed by atoms with E-state index in [0.717, 1.165) is 22.8 Å². The molecular weight excluding hydrogens is 355 g/mol. The number of nitriles is 1. The van der Waals surface area contributed by atoms with Crippen molar-refractivity contribution >= 4 is 11.9 Å². The molecule has 136 valence electrons. The van der Waals surface area contributed by atoms with Gasteiger partial charge in [0.25, 0.3) is 0 Å². The fraction of sp³-hybridized carbons (Fsp3) is 0.222. The van der Waals surface area contributed by atoms with Gasteiger partial charge in [-0.1, -0.05) is 6.07 Å². The lowest BCUT2D eigenvalue weighted by atomic mass is 10.0. The lowest BCUT2D eigenvalue weighted by molar-refractivity contribution is -0.141. The van der Waals surface area contributed by atoms with E-state index in [1.54, 1.807) is 6.07 Å². The molecule has 0 N–H and O–H groups in total. The molecule has 0 unspecified atom stereocenters. The molecule has 0 aliphatic heterocycles. The summed E-state index contributed by atoms with van der Waals surface area (Å²) in [5, 5.41) is 9.20. The molecule has 1 aromatic carbocycles. The minimum atomic E-state index is -4.46. The number of nitrogens with zero attached hydrogens (tertiary/aromatic N) is 2. The van der Waals surface area contributed by atoms with Gasteiger partial charge in [-0.15, -0.1) is 0 Å². The number of ketones is 1. The third-order valence-electron chi connectivity index (χ3n) is 3.78. The quantitative estimate of drug-likeness (QED) is 0.339. The van der Waals surface area contributed by atoms with Gasteiger partial charge in [-0.2, -0.15) is 18.4 Å². The second kappa shape index (κ2) is 7.12. The molecular formula is C18H13F5N2O. The van der Waals surface area contributed by atoms with Crippen LogP contribution in [0.5, 0.6) is 0 Å². The Labute approximate surface area is 146 Å². The van der Waals surface area contributed by atoms with E-state index in [-0.39, 0.29) is 22.5 Å². The van der Waals surface area contributed by atoms with Crippen LogP contribution in [0.1, 0.15) is 27.3 Å². The summed E-state index contributed by atoms with van der Waals surface area (Å²) in [5.74, 6) is -3.02. The van der Waals surface area contributed by atoms with Crippen molar-refractivity contribution in [3.8, 4) is 6.07 Å². The van der Waals surface area contributed by atoms with Crippen LogP contribution in [0.15, 0.2) is 29.8 Å². The van der Waals surface area contributed by atoms with Gasteiger partial charge in [0, 0.05) is 17.0 Å². The highest BCUT2D eigenvalue weighted by Gasteiger charge is 2.30. The van der Waals surface area contributed by atoms with E-state index in [0.29, 0.717) is 0 Å². The maximum atomic E-state index is 13.3. The molecule has 26 heavy (non-hydrogen) atoms. The number of allylic oxidation sites excluding steroid dienone is 1. The third kappa shape index (κ3) is 4.17. The number of rotatable bonds is 4. The van der Waals surface area contributed by atoms with Crippen molar-refractivity contribution in [3.05, 3.63) is 64.0 Å². The Morgan fingerprint density at radius 2 is 1.85 bits per heavy atom. The number of hydrogen-bond donors (Lipinski definition) is 0. The Bertz CT molecular complexity index is 932. The second-order valence-corrected chi connectivity index (χ2v) is 5.66. The first kappa shape index (κ1) is 19.4. The van der Waals surface area contributed by atoms with Crippen LogP contribution in [0, 0.1) is 36.8 Å². The largest absolute Gasteiger partial charge is 0.406 e. The summed E-state index contributed by atoms with van der Waals surface area (Å²) in [6.07, 6.45) is -3.41. The average molecular weight is 368 g/mol. The maximum absolute atomic E-state index is 13.3. The van der Waals surface area contributed by atoms with E-state index in [1.807, 2.05) is 0 Å². The molecule has 0 fully saturated rings. The number of hydrogen-bond acceptors (Lipinski definition) is 2. The molecule has 0 aliphatic carbocycles. The van der Waals surface area contributed by atoms with Gasteiger partial charge in [-0.25, -0.2) is 8.78 Å². The molecule has 3 nitrogen and oxygen atoms in total. The summed E-state index contributed by atoms with van der Waals surface area (Å²) in [5.41, 5.74) is -0.0900. The normalized spacial score (nSPS) is 12.2. The van der Waals surface area contributed by atoms with Gasteiger partial charge in [0.05, 0.1) is 0 Å². The van der Waals surface area contributed by atoms with Crippen molar-refractivity contribution in [1.29, 1.82) is 5.26 Å². The molecule has 0 amide bonds. The third-order valence-corrected chi connectivity index (χ3v) is 3.78. The van der Waals surface area contributed by atoms with Crippen molar-refractivity contribution < 1.29 is 26.7 Å². The molecule has 1 aromatic heterocycles. The lowest BCUT2D eigenvalue weighted by Crippen LogP contribution is -2.19. The van der Waals surface area contributed by atoms with Crippen LogP contribution in [0.3, 0.4) is 0 Å². The number of aryl methyl sites for hydroxylation is 1. The number of halogens is 5. The molecule has 0 saturated carbocycles. The molecule has 0 atom stereocenters. The second-order valence-electron chi connectivity index (χ2n) is 5.66. The summed E-state index contributed by atoms with van der Waals surface area (Å²) in [6, 6.07) is 5.75. The zero-order chi connectivity index (χ0) is 19.6. The smallest absolute Gasteiger partial charge is 0.339 e. The molecule has 0 saturated heterocycles. The van der Waals surface area contributed by atoms with Gasteiger partial charge in [0.15, 0.2) is 11.6 Å². The summed E-state index contributed by atoms with van der Waals surface area (Å²) >= 11 is 0. The fourth-order valence-corrected chi connectivity index (χ4v) is 2.52. The number of carbonyl (C=O) groups excluding carboxylic acids is 1. The van der Waals surface area contributed by atoms with E-state index in [9.17, 15) is 32.0 Å². The zero-order valence-electron chi connectivity index (χ0n) is 13.8. The monoisotopic (exact) mass is 368 g/mol. The number of aromatic nitrogens is 1. The summed E-state index contributed by atoms with van der Waals surface area (Å²) in [6.45, 7) is 1.51. The molecule has 0 radical (unpaired) electrons. The van der Waals surface area contributed by atoms with Crippen LogP contribution in [-0.2, 0) is 6.54 Å². The molecule has 2 rings (SSSR count). The fourth-order valence-electron chi connectivity index (χ4n) is 2.52. The maximum Gasteiger partial charge on any atom is 0.406 e. The molecule has 1 heterocycles. The zero-order valence-corrected chi connectivity index (χ0v) is 13.8. The van der Waals surface area contributed by atoms with Crippen molar-refractivity contribution in [2.24, 2.45) is 0 Å². The Balaban J connectivity index is 2.43. The van der Waals surface area contributed by atoms with Gasteiger partial charge in [-0.05, 0) is 43.7 Å². The summed E-state index contributed by atoms with van der Waals surface area (Å²) in [4.78, 5) is 12.5. The average Bonchev–Trinajstić information content (AvgIpc) is 2.82. The minimum absolute atomic E-state index is 0.0536. The van der Waals surface area contributed by atoms with Crippen LogP contribution in [0.2, 0.25) is 0 Å². The highest BCUT2D eigenvalue weighted by atomic mass is 19.4. The van der Waals surface area contributed by atoms with Gasteiger partial charge in [0.1, 0.15) is 18.2 Å². The number of alkyl halides is 3. The predicted molar refractivity (Wildman–Crippen MR) is 84.2 cm³/mol. The van der Waals surface area contributed by atoms with Crippen LogP contribution in [0.4, 0.5) is 22.0 Å². The molecule has 8 heteroatoms. The van der Waals surface area contributed by atoms with E-state index in [4.69, 9.17) is 0 Å². The molecule has 0 bridgehead atoms. The first-order valence-electron chi connectivity index (χ1n) is 7.38. The molecule has 0 spiro atoms. The standard InChI is InChI=1S/C18H13F5N2O/c1-10-5-14(11(2)25(10)9-18(21,22)23)17(26)13(8-24)6-12-3-4-15(19)16(20)7-12/h3-7H,9H2,1-2H3/b13-6+. The van der Waals surface area contributed by atoms with Crippen molar-refractivity contribution in [2.75, 3.05) is 0 Å². The highest BCUT2D eigenvalue weighted by molar-refractivity contribution is 6.14. The first-order chi connectivity index (χ1) is 12.0. The predicted octanol–water partition coefficient (Wildman–Crippen LogP) is 4.74. The Hall–Kier alpha value is -2.95. The topological polar surface area (TPSA) is 45.8 Å². The van der Waals surface area contributed by atoms with Gasteiger partial charge in [0.2, 0.25) is 5.78 Å². The summed E-state index contributed by atoms with van der Waals surface area (Å²) < 4.78 is 65.1. The Morgan fingerprint density at radius 1 is 1.19 bits per heavy atom. The van der Waals surface area contributed by atoms with E-state index >= 15 is 0 Å². The number of benzene rings is 1. The van der Waals surface area contributed by atoms with Crippen LogP contribution >= 0.6 is 0 Å². The highest BCUT2D eigenvalue weighted by Crippen LogP contribution is 2.25. The van der Waals surface area contributed by atoms with Crippen molar-refractivity contribution in [1.82, 2.24) is 4.57 Å². The lowest BCUT2D eigenvalue weighted by Gasteiger charge is -2.12.